The fourth-order valence-electron chi connectivity index (χ4n) is 5.71. The summed E-state index contributed by atoms with van der Waals surface area (Å²) in [5.74, 6) is 1.94. The summed E-state index contributed by atoms with van der Waals surface area (Å²) in [6.45, 7) is 6.25. The van der Waals surface area contributed by atoms with Crippen molar-refractivity contribution < 1.29 is 14.3 Å². The molecule has 0 bridgehead atoms. The number of likely N-dealkylation sites (tertiary alicyclic amines) is 1. The van der Waals surface area contributed by atoms with Crippen LogP contribution < -0.4 is 14.4 Å². The SMILES string of the molecule is COc1cc(Cl)c(CN2CCC3(CC2)CC3C(=O)N2CCN(c3ccccc3)CC2)cc1OC. The van der Waals surface area contributed by atoms with Crippen molar-refractivity contribution in [2.45, 2.75) is 25.8 Å². The maximum Gasteiger partial charge on any atom is 0.226 e. The minimum Gasteiger partial charge on any atom is -0.493 e. The van der Waals surface area contributed by atoms with Gasteiger partial charge < -0.3 is 19.3 Å². The summed E-state index contributed by atoms with van der Waals surface area (Å²) < 4.78 is 10.8. The van der Waals surface area contributed by atoms with Crippen molar-refractivity contribution in [2.75, 3.05) is 58.4 Å². The number of rotatable bonds is 6. The topological polar surface area (TPSA) is 45.2 Å². The zero-order valence-electron chi connectivity index (χ0n) is 20.1. The van der Waals surface area contributed by atoms with E-state index in [4.69, 9.17) is 21.1 Å². The van der Waals surface area contributed by atoms with Crippen LogP contribution in [0.3, 0.4) is 0 Å². The molecule has 2 heterocycles. The molecule has 2 saturated heterocycles. The van der Waals surface area contributed by atoms with E-state index in [1.807, 2.05) is 18.2 Å². The highest BCUT2D eigenvalue weighted by Crippen LogP contribution is 2.60. The molecule has 34 heavy (non-hydrogen) atoms. The lowest BCUT2D eigenvalue weighted by Gasteiger charge is -2.37. The lowest BCUT2D eigenvalue weighted by Crippen LogP contribution is -2.50. The van der Waals surface area contributed by atoms with Gasteiger partial charge in [-0.15, -0.1) is 0 Å². The zero-order valence-corrected chi connectivity index (χ0v) is 20.9. The second kappa shape index (κ2) is 9.67. The van der Waals surface area contributed by atoms with Crippen molar-refractivity contribution >= 4 is 23.2 Å². The number of halogens is 1. The van der Waals surface area contributed by atoms with Gasteiger partial charge in [-0.25, -0.2) is 0 Å². The van der Waals surface area contributed by atoms with Crippen LogP contribution in [-0.4, -0.2) is 69.2 Å². The van der Waals surface area contributed by atoms with Gasteiger partial charge in [0.15, 0.2) is 11.5 Å². The van der Waals surface area contributed by atoms with Crippen LogP contribution in [0.15, 0.2) is 42.5 Å². The van der Waals surface area contributed by atoms with Crippen molar-refractivity contribution in [3.8, 4) is 11.5 Å². The number of nitrogens with zero attached hydrogens (tertiary/aromatic N) is 3. The molecule has 2 aromatic rings. The van der Waals surface area contributed by atoms with Crippen LogP contribution in [0.4, 0.5) is 5.69 Å². The molecular weight excluding hydrogens is 450 g/mol. The van der Waals surface area contributed by atoms with Crippen LogP contribution in [0.1, 0.15) is 24.8 Å². The minimum atomic E-state index is 0.211. The fraction of sp³-hybridized carbons (Fsp3) is 0.519. The third-order valence-corrected chi connectivity index (χ3v) is 8.35. The smallest absolute Gasteiger partial charge is 0.226 e. The largest absolute Gasteiger partial charge is 0.493 e. The number of piperidine rings is 1. The third kappa shape index (κ3) is 4.58. The van der Waals surface area contributed by atoms with E-state index in [0.717, 1.165) is 70.6 Å². The van der Waals surface area contributed by atoms with Crippen LogP contribution in [0.5, 0.6) is 11.5 Å². The molecule has 6 nitrogen and oxygen atoms in total. The number of para-hydroxylation sites is 1. The molecule has 1 saturated carbocycles. The van der Waals surface area contributed by atoms with Gasteiger partial charge in [-0.1, -0.05) is 29.8 Å². The number of hydrogen-bond donors (Lipinski definition) is 0. The van der Waals surface area contributed by atoms with Crippen LogP contribution in [0.2, 0.25) is 5.02 Å². The Hall–Kier alpha value is -2.44. The summed E-state index contributed by atoms with van der Waals surface area (Å²) in [7, 11) is 3.26. The highest BCUT2D eigenvalue weighted by Gasteiger charge is 2.59. The number of benzene rings is 2. The van der Waals surface area contributed by atoms with Crippen LogP contribution >= 0.6 is 11.6 Å². The predicted molar refractivity (Wildman–Crippen MR) is 135 cm³/mol. The van der Waals surface area contributed by atoms with E-state index < -0.39 is 0 Å². The number of carbonyl (C=O) groups is 1. The van der Waals surface area contributed by atoms with Crippen LogP contribution in [-0.2, 0) is 11.3 Å². The van der Waals surface area contributed by atoms with E-state index in [2.05, 4.69) is 39.0 Å². The van der Waals surface area contributed by atoms with Gasteiger partial charge >= 0.3 is 0 Å². The molecule has 1 atom stereocenters. The first kappa shape index (κ1) is 23.3. The molecule has 3 aliphatic rings. The summed E-state index contributed by atoms with van der Waals surface area (Å²) in [5, 5.41) is 0.701. The minimum absolute atomic E-state index is 0.211. The van der Waals surface area contributed by atoms with E-state index in [-0.39, 0.29) is 11.3 Å². The number of methoxy groups -OCH3 is 2. The first-order chi connectivity index (χ1) is 16.5. The molecule has 3 fully saturated rings. The first-order valence-electron chi connectivity index (χ1n) is 12.2. The number of hydrogen-bond acceptors (Lipinski definition) is 5. The Labute approximate surface area is 207 Å². The maximum atomic E-state index is 13.3. The molecule has 5 rings (SSSR count). The Bertz CT molecular complexity index is 1020. The number of carbonyl (C=O) groups excluding carboxylic acids is 1. The van der Waals surface area contributed by atoms with E-state index in [1.165, 1.54) is 5.69 Å². The molecule has 7 heteroatoms. The molecule has 0 radical (unpaired) electrons. The van der Waals surface area contributed by atoms with Crippen molar-refractivity contribution in [1.29, 1.82) is 0 Å². The number of ether oxygens (including phenoxy) is 2. The Kier molecular flexibility index (Phi) is 6.63. The molecule has 0 N–H and O–H groups in total. The lowest BCUT2D eigenvalue weighted by atomic mass is 9.90. The summed E-state index contributed by atoms with van der Waals surface area (Å²) in [6.07, 6.45) is 3.21. The van der Waals surface area contributed by atoms with Gasteiger partial charge in [0.05, 0.1) is 14.2 Å². The Balaban J connectivity index is 1.12. The second-order valence-corrected chi connectivity index (χ2v) is 10.2. The molecule has 182 valence electrons. The predicted octanol–water partition coefficient (Wildman–Crippen LogP) is 4.31. The molecule has 2 aliphatic heterocycles. The summed E-state index contributed by atoms with van der Waals surface area (Å²) in [4.78, 5) is 20.2. The van der Waals surface area contributed by atoms with Crippen LogP contribution in [0, 0.1) is 11.3 Å². The Morgan fingerprint density at radius 2 is 1.62 bits per heavy atom. The van der Waals surface area contributed by atoms with E-state index in [1.54, 1.807) is 14.2 Å². The molecule has 2 aromatic carbocycles. The number of anilines is 1. The number of piperazine rings is 1. The van der Waals surface area contributed by atoms with Gasteiger partial charge in [-0.05, 0) is 61.5 Å². The monoisotopic (exact) mass is 483 g/mol. The highest BCUT2D eigenvalue weighted by atomic mass is 35.5. The van der Waals surface area contributed by atoms with Crippen molar-refractivity contribution in [2.24, 2.45) is 11.3 Å². The van der Waals surface area contributed by atoms with E-state index in [0.29, 0.717) is 22.4 Å². The standard InChI is InChI=1S/C27H34ClN3O3/c1-33-24-16-20(23(28)17-25(24)34-2)19-29-10-8-27(9-11-29)18-22(27)26(32)31-14-12-30(13-15-31)21-6-4-3-5-7-21/h3-7,16-17,22H,8-15,18-19H2,1-2H3. The average molecular weight is 484 g/mol. The Morgan fingerprint density at radius 1 is 0.971 bits per heavy atom. The first-order valence-corrected chi connectivity index (χ1v) is 12.6. The van der Waals surface area contributed by atoms with Gasteiger partial charge in [0, 0.05) is 55.4 Å². The Morgan fingerprint density at radius 3 is 2.26 bits per heavy atom. The van der Waals surface area contributed by atoms with Crippen LogP contribution in [0.25, 0.3) is 0 Å². The fourth-order valence-corrected chi connectivity index (χ4v) is 5.92. The van der Waals surface area contributed by atoms with E-state index in [9.17, 15) is 4.79 Å². The summed E-state index contributed by atoms with van der Waals surface area (Å²) in [6, 6.07) is 14.3. The lowest BCUT2D eigenvalue weighted by molar-refractivity contribution is -0.134. The normalized spacial score (nSPS) is 22.0. The van der Waals surface area contributed by atoms with Gasteiger partial charge in [-0.2, -0.15) is 0 Å². The quantitative estimate of drug-likeness (QED) is 0.612. The van der Waals surface area contributed by atoms with E-state index >= 15 is 0 Å². The maximum absolute atomic E-state index is 13.3. The zero-order chi connectivity index (χ0) is 23.7. The van der Waals surface area contributed by atoms with Gasteiger partial charge in [0.2, 0.25) is 5.91 Å². The van der Waals surface area contributed by atoms with Crippen molar-refractivity contribution in [3.05, 3.63) is 53.1 Å². The molecule has 1 spiro atoms. The molecule has 1 unspecified atom stereocenters. The van der Waals surface area contributed by atoms with Crippen molar-refractivity contribution in [1.82, 2.24) is 9.80 Å². The number of amides is 1. The van der Waals surface area contributed by atoms with Crippen molar-refractivity contribution in [3.63, 3.8) is 0 Å². The molecular formula is C27H34ClN3O3. The summed E-state index contributed by atoms with van der Waals surface area (Å²) in [5.41, 5.74) is 2.51. The highest BCUT2D eigenvalue weighted by molar-refractivity contribution is 6.31. The van der Waals surface area contributed by atoms with Gasteiger partial charge in [0.25, 0.3) is 0 Å². The van der Waals surface area contributed by atoms with Gasteiger partial charge in [0.1, 0.15) is 0 Å². The molecule has 1 aliphatic carbocycles. The van der Waals surface area contributed by atoms with Gasteiger partial charge in [-0.3, -0.25) is 9.69 Å². The summed E-state index contributed by atoms with van der Waals surface area (Å²) >= 11 is 6.51. The second-order valence-electron chi connectivity index (χ2n) is 9.84. The third-order valence-electron chi connectivity index (χ3n) is 8.00. The molecule has 0 aromatic heterocycles. The average Bonchev–Trinajstić information content (AvgIpc) is 3.59. The molecule has 1 amide bonds.